The van der Waals surface area contributed by atoms with Gasteiger partial charge in [0.25, 0.3) is 10.1 Å². The zero-order chi connectivity index (χ0) is 15.8. The molecule has 0 aliphatic heterocycles. The van der Waals surface area contributed by atoms with E-state index in [1.54, 1.807) is 18.2 Å². The third kappa shape index (κ3) is 3.79. The first-order valence-electron chi connectivity index (χ1n) is 5.38. The van der Waals surface area contributed by atoms with Crippen LogP contribution in [0, 0.1) is 0 Å². The maximum absolute atomic E-state index is 11.3. The highest BCUT2D eigenvalue weighted by atomic mass is 79.9. The summed E-state index contributed by atoms with van der Waals surface area (Å²) in [4.78, 5) is -0.0987. The molecule has 1 unspecified atom stereocenters. The topological polar surface area (TPSA) is 91.7 Å². The Bertz CT molecular complexity index is 834. The maximum atomic E-state index is 11.3. The Hall–Kier alpha value is -0.580. The zero-order valence-corrected chi connectivity index (χ0v) is 15.0. The molecular formula is C12H8Br2O5S2. The van der Waals surface area contributed by atoms with Gasteiger partial charge in [-0.25, -0.2) is 4.21 Å². The third-order valence-corrected chi connectivity index (χ3v) is 6.18. The van der Waals surface area contributed by atoms with Gasteiger partial charge in [0.05, 0.1) is 4.90 Å². The van der Waals surface area contributed by atoms with Crippen molar-refractivity contribution >= 4 is 53.1 Å². The lowest BCUT2D eigenvalue weighted by atomic mass is 10.1. The van der Waals surface area contributed by atoms with Gasteiger partial charge < -0.3 is 4.55 Å². The van der Waals surface area contributed by atoms with Gasteiger partial charge in [-0.3, -0.25) is 4.55 Å². The van der Waals surface area contributed by atoms with Crippen molar-refractivity contribution in [1.82, 2.24) is 0 Å². The number of hydrogen-bond acceptors (Lipinski definition) is 3. The minimum Gasteiger partial charge on any atom is -0.302 e. The molecule has 112 valence electrons. The quantitative estimate of drug-likeness (QED) is 0.543. The fraction of sp³-hybridized carbons (Fsp3) is 0. The summed E-state index contributed by atoms with van der Waals surface area (Å²) >= 11 is 4.04. The lowest BCUT2D eigenvalue weighted by Crippen LogP contribution is -1.99. The highest BCUT2D eigenvalue weighted by Crippen LogP contribution is 2.31. The van der Waals surface area contributed by atoms with Crippen molar-refractivity contribution in [3.8, 4) is 11.1 Å². The number of benzene rings is 2. The van der Waals surface area contributed by atoms with Gasteiger partial charge in [0.1, 0.15) is 4.90 Å². The lowest BCUT2D eigenvalue weighted by molar-refractivity contribution is 0.482. The van der Waals surface area contributed by atoms with Crippen LogP contribution >= 0.6 is 31.9 Å². The molecule has 0 aromatic heterocycles. The van der Waals surface area contributed by atoms with E-state index in [-0.39, 0.29) is 14.3 Å². The normalized spacial score (nSPS) is 13.1. The first-order chi connectivity index (χ1) is 9.70. The van der Waals surface area contributed by atoms with E-state index in [4.69, 9.17) is 0 Å². The molecule has 0 saturated carbocycles. The Morgan fingerprint density at radius 1 is 0.952 bits per heavy atom. The Labute approximate surface area is 140 Å². The van der Waals surface area contributed by atoms with E-state index >= 15 is 0 Å². The second-order valence-corrected chi connectivity index (χ2v) is 8.05. The molecule has 0 fully saturated rings. The Morgan fingerprint density at radius 2 is 1.48 bits per heavy atom. The fourth-order valence-electron chi connectivity index (χ4n) is 1.70. The molecule has 1 atom stereocenters. The summed E-state index contributed by atoms with van der Waals surface area (Å²) in [6, 6.07) is 9.12. The van der Waals surface area contributed by atoms with Crippen LogP contribution in [0.4, 0.5) is 0 Å². The van der Waals surface area contributed by atoms with E-state index in [0.717, 1.165) is 0 Å². The predicted molar refractivity (Wildman–Crippen MR) is 86.1 cm³/mol. The van der Waals surface area contributed by atoms with Gasteiger partial charge in [-0.05, 0) is 67.3 Å². The summed E-state index contributed by atoms with van der Waals surface area (Å²) in [5.74, 6) is 0. The van der Waals surface area contributed by atoms with Gasteiger partial charge in [0.15, 0.2) is 11.1 Å². The first-order valence-corrected chi connectivity index (χ1v) is 9.51. The molecule has 2 rings (SSSR count). The average molecular weight is 456 g/mol. The van der Waals surface area contributed by atoms with E-state index < -0.39 is 21.2 Å². The standard InChI is InChI=1S/C12H8Br2O5S2/c13-9-3-1-7(5-11(9)20(15)16)8-2-4-10(14)12(6-8)21(17,18)19/h1-6H,(H,15,16)(H,17,18,19). The molecule has 0 bridgehead atoms. The van der Waals surface area contributed by atoms with Gasteiger partial charge in [-0.2, -0.15) is 8.42 Å². The molecule has 0 aliphatic carbocycles. The Morgan fingerprint density at radius 3 is 2.00 bits per heavy atom. The Kier molecular flexibility index (Phi) is 5.01. The molecule has 0 amide bonds. The van der Waals surface area contributed by atoms with E-state index in [2.05, 4.69) is 31.9 Å². The third-order valence-electron chi connectivity index (χ3n) is 2.66. The molecule has 0 saturated heterocycles. The molecule has 9 heteroatoms. The summed E-state index contributed by atoms with van der Waals surface area (Å²) < 4.78 is 52.9. The lowest BCUT2D eigenvalue weighted by Gasteiger charge is -2.08. The van der Waals surface area contributed by atoms with Crippen LogP contribution in [0.5, 0.6) is 0 Å². The van der Waals surface area contributed by atoms with Crippen LogP contribution < -0.4 is 0 Å². The summed E-state index contributed by atoms with van der Waals surface area (Å²) in [7, 11) is -4.36. The first kappa shape index (κ1) is 16.8. The van der Waals surface area contributed by atoms with Crippen LogP contribution in [-0.2, 0) is 21.2 Å². The van der Waals surface area contributed by atoms with E-state index in [9.17, 15) is 21.7 Å². The van der Waals surface area contributed by atoms with Crippen molar-refractivity contribution in [3.05, 3.63) is 45.3 Å². The SMILES string of the molecule is O=S(O)c1cc(-c2ccc(Br)c(S(=O)(=O)O)c2)ccc1Br. The van der Waals surface area contributed by atoms with Crippen LogP contribution in [0.3, 0.4) is 0 Å². The molecule has 21 heavy (non-hydrogen) atoms. The fourth-order valence-corrected chi connectivity index (χ4v) is 4.27. The highest BCUT2D eigenvalue weighted by Gasteiger charge is 2.16. The summed E-state index contributed by atoms with van der Waals surface area (Å²) in [5, 5.41) is 0. The van der Waals surface area contributed by atoms with Crippen LogP contribution in [0.15, 0.2) is 55.1 Å². The molecule has 0 spiro atoms. The molecule has 2 aromatic rings. The van der Waals surface area contributed by atoms with Crippen molar-refractivity contribution in [2.24, 2.45) is 0 Å². The molecule has 0 radical (unpaired) electrons. The largest absolute Gasteiger partial charge is 0.302 e. The van der Waals surface area contributed by atoms with E-state index in [1.165, 1.54) is 18.2 Å². The second-order valence-electron chi connectivity index (χ2n) is 4.01. The van der Waals surface area contributed by atoms with Gasteiger partial charge >= 0.3 is 0 Å². The summed E-state index contributed by atoms with van der Waals surface area (Å²) in [6.07, 6.45) is 0. The van der Waals surface area contributed by atoms with Crippen LogP contribution in [-0.4, -0.2) is 21.7 Å². The van der Waals surface area contributed by atoms with Gasteiger partial charge in [0, 0.05) is 8.95 Å². The number of halogens is 2. The van der Waals surface area contributed by atoms with Crippen molar-refractivity contribution in [1.29, 1.82) is 0 Å². The van der Waals surface area contributed by atoms with Crippen LogP contribution in [0.2, 0.25) is 0 Å². The second kappa shape index (κ2) is 6.27. The van der Waals surface area contributed by atoms with Crippen molar-refractivity contribution in [2.45, 2.75) is 9.79 Å². The molecule has 2 N–H and O–H groups in total. The van der Waals surface area contributed by atoms with Crippen LogP contribution in [0.25, 0.3) is 11.1 Å². The average Bonchev–Trinajstić information content (AvgIpc) is 2.38. The molecule has 0 aliphatic rings. The summed E-state index contributed by atoms with van der Waals surface area (Å²) in [6.45, 7) is 0. The van der Waals surface area contributed by atoms with Crippen molar-refractivity contribution < 1.29 is 21.7 Å². The maximum Gasteiger partial charge on any atom is 0.295 e. The summed E-state index contributed by atoms with van der Waals surface area (Å²) in [5.41, 5.74) is 1.04. The van der Waals surface area contributed by atoms with Gasteiger partial charge in [0.2, 0.25) is 0 Å². The Balaban J connectivity index is 2.63. The molecule has 0 heterocycles. The zero-order valence-electron chi connectivity index (χ0n) is 10.2. The minimum absolute atomic E-state index is 0.170. The minimum atomic E-state index is -4.36. The highest BCUT2D eigenvalue weighted by molar-refractivity contribution is 9.10. The van der Waals surface area contributed by atoms with E-state index in [0.29, 0.717) is 15.6 Å². The van der Waals surface area contributed by atoms with Crippen molar-refractivity contribution in [3.63, 3.8) is 0 Å². The van der Waals surface area contributed by atoms with Crippen LogP contribution in [0.1, 0.15) is 0 Å². The number of rotatable bonds is 3. The molecule has 2 aromatic carbocycles. The monoisotopic (exact) mass is 454 g/mol. The number of hydrogen-bond donors (Lipinski definition) is 2. The smallest absolute Gasteiger partial charge is 0.295 e. The van der Waals surface area contributed by atoms with Crippen molar-refractivity contribution in [2.75, 3.05) is 0 Å². The molecular weight excluding hydrogens is 448 g/mol. The molecule has 5 nitrogen and oxygen atoms in total. The predicted octanol–water partition coefficient (Wildman–Crippen LogP) is 3.71. The van der Waals surface area contributed by atoms with Gasteiger partial charge in [-0.15, -0.1) is 0 Å². The van der Waals surface area contributed by atoms with E-state index in [1.807, 2.05) is 0 Å². The van der Waals surface area contributed by atoms with Gasteiger partial charge in [-0.1, -0.05) is 12.1 Å².